The van der Waals surface area contributed by atoms with Gasteiger partial charge < -0.3 is 5.11 Å². The third-order valence-corrected chi connectivity index (χ3v) is 2.45. The maximum Gasteiger partial charge on any atom is 0.413 e. The Kier molecular flexibility index (Phi) is 3.21. The van der Waals surface area contributed by atoms with E-state index < -0.39 is 11.6 Å². The first-order chi connectivity index (χ1) is 7.23. The number of aromatic nitrogens is 1. The molecule has 0 aliphatic carbocycles. The van der Waals surface area contributed by atoms with Crippen molar-refractivity contribution in [2.75, 3.05) is 4.90 Å². The van der Waals surface area contributed by atoms with Crippen LogP contribution in [0.15, 0.2) is 12.3 Å². The van der Waals surface area contributed by atoms with Gasteiger partial charge in [0.1, 0.15) is 5.82 Å². The summed E-state index contributed by atoms with van der Waals surface area (Å²) in [4.78, 5) is 16.7. The van der Waals surface area contributed by atoms with Crippen LogP contribution in [0, 0.1) is 13.8 Å². The second kappa shape index (κ2) is 4.12. The van der Waals surface area contributed by atoms with Crippen LogP contribution in [0.25, 0.3) is 0 Å². The number of carboxylic acid groups (broad SMARTS) is 1. The Morgan fingerprint density at radius 2 is 1.88 bits per heavy atom. The Morgan fingerprint density at radius 3 is 2.25 bits per heavy atom. The van der Waals surface area contributed by atoms with Gasteiger partial charge in [0.25, 0.3) is 0 Å². The second-order valence-electron chi connectivity index (χ2n) is 4.92. The fourth-order valence-electron chi connectivity index (χ4n) is 1.46. The normalized spacial score (nSPS) is 11.3. The van der Waals surface area contributed by atoms with E-state index in [1.165, 1.54) is 4.90 Å². The zero-order valence-electron chi connectivity index (χ0n) is 10.4. The summed E-state index contributed by atoms with van der Waals surface area (Å²) in [6, 6.07) is 1.80. The molecule has 0 saturated heterocycles. The molecule has 0 aliphatic rings. The summed E-state index contributed by atoms with van der Waals surface area (Å²) in [5, 5.41) is 9.21. The number of aryl methyl sites for hydroxylation is 2. The Balaban J connectivity index is 3.22. The zero-order chi connectivity index (χ0) is 12.5. The van der Waals surface area contributed by atoms with Crippen molar-refractivity contribution in [1.82, 2.24) is 4.98 Å². The monoisotopic (exact) mass is 222 g/mol. The molecule has 1 N–H and O–H groups in total. The molecular weight excluding hydrogens is 204 g/mol. The van der Waals surface area contributed by atoms with Crippen LogP contribution >= 0.6 is 0 Å². The van der Waals surface area contributed by atoms with E-state index in [1.54, 1.807) is 12.3 Å². The molecule has 0 radical (unpaired) electrons. The number of carbonyl (C=O) groups is 1. The number of amides is 1. The van der Waals surface area contributed by atoms with E-state index in [-0.39, 0.29) is 0 Å². The second-order valence-corrected chi connectivity index (χ2v) is 4.92. The van der Waals surface area contributed by atoms with Crippen LogP contribution < -0.4 is 4.90 Å². The van der Waals surface area contributed by atoms with Crippen LogP contribution in [-0.4, -0.2) is 21.7 Å². The molecule has 1 aromatic heterocycles. The van der Waals surface area contributed by atoms with Crippen molar-refractivity contribution in [3.05, 3.63) is 23.4 Å². The summed E-state index contributed by atoms with van der Waals surface area (Å²) in [5.41, 5.74) is 1.60. The van der Waals surface area contributed by atoms with E-state index in [0.29, 0.717) is 5.82 Å². The molecule has 4 nitrogen and oxygen atoms in total. The van der Waals surface area contributed by atoms with Gasteiger partial charge in [-0.3, -0.25) is 4.90 Å². The van der Waals surface area contributed by atoms with E-state index in [9.17, 15) is 9.90 Å². The average molecular weight is 222 g/mol. The average Bonchev–Trinajstić information content (AvgIpc) is 2.08. The Morgan fingerprint density at radius 1 is 1.31 bits per heavy atom. The number of rotatable bonds is 1. The van der Waals surface area contributed by atoms with Gasteiger partial charge in [-0.1, -0.05) is 0 Å². The van der Waals surface area contributed by atoms with Crippen molar-refractivity contribution < 1.29 is 9.90 Å². The maximum absolute atomic E-state index is 11.2. The summed E-state index contributed by atoms with van der Waals surface area (Å²) < 4.78 is 0. The lowest BCUT2D eigenvalue weighted by Gasteiger charge is -2.32. The van der Waals surface area contributed by atoms with Crippen LogP contribution in [0.4, 0.5) is 10.6 Å². The molecule has 1 heterocycles. The lowest BCUT2D eigenvalue weighted by molar-refractivity contribution is 0.195. The third-order valence-electron chi connectivity index (χ3n) is 2.45. The molecule has 1 amide bonds. The van der Waals surface area contributed by atoms with Gasteiger partial charge in [0.15, 0.2) is 0 Å². The highest BCUT2D eigenvalue weighted by molar-refractivity contribution is 5.86. The summed E-state index contributed by atoms with van der Waals surface area (Å²) in [5.74, 6) is 0.475. The molecule has 0 fully saturated rings. The predicted octanol–water partition coefficient (Wildman–Crippen LogP) is 2.98. The number of hydrogen-bond acceptors (Lipinski definition) is 2. The molecule has 1 aromatic rings. The number of pyridine rings is 1. The van der Waals surface area contributed by atoms with Crippen molar-refractivity contribution in [1.29, 1.82) is 0 Å². The maximum atomic E-state index is 11.2. The fourth-order valence-corrected chi connectivity index (χ4v) is 1.46. The SMILES string of the molecule is Cc1cnc(N(C(=O)O)C(C)(C)C)cc1C. The molecule has 0 aliphatic heterocycles. The molecule has 0 atom stereocenters. The molecule has 0 saturated carbocycles. The topological polar surface area (TPSA) is 53.4 Å². The van der Waals surface area contributed by atoms with Crippen molar-refractivity contribution >= 4 is 11.9 Å². The minimum atomic E-state index is -0.983. The van der Waals surface area contributed by atoms with Crippen LogP contribution in [0.1, 0.15) is 31.9 Å². The lowest BCUT2D eigenvalue weighted by atomic mass is 10.1. The van der Waals surface area contributed by atoms with E-state index in [2.05, 4.69) is 4.98 Å². The molecule has 1 rings (SSSR count). The first-order valence-corrected chi connectivity index (χ1v) is 5.20. The predicted molar refractivity (Wildman–Crippen MR) is 64.0 cm³/mol. The highest BCUT2D eigenvalue weighted by Crippen LogP contribution is 2.23. The van der Waals surface area contributed by atoms with Gasteiger partial charge in [-0.05, 0) is 51.8 Å². The smallest absolute Gasteiger partial charge is 0.413 e. The van der Waals surface area contributed by atoms with Gasteiger partial charge in [0, 0.05) is 11.7 Å². The summed E-state index contributed by atoms with van der Waals surface area (Å²) in [7, 11) is 0. The van der Waals surface area contributed by atoms with Gasteiger partial charge >= 0.3 is 6.09 Å². The van der Waals surface area contributed by atoms with Crippen LogP contribution in [0.5, 0.6) is 0 Å². The van der Waals surface area contributed by atoms with Gasteiger partial charge in [0.2, 0.25) is 0 Å². The van der Waals surface area contributed by atoms with Crippen molar-refractivity contribution in [3.8, 4) is 0 Å². The summed E-state index contributed by atoms with van der Waals surface area (Å²) in [6.07, 6.45) is 0.718. The van der Waals surface area contributed by atoms with E-state index in [0.717, 1.165) is 11.1 Å². The van der Waals surface area contributed by atoms with Gasteiger partial charge in [-0.2, -0.15) is 0 Å². The minimum absolute atomic E-state index is 0.475. The number of anilines is 1. The van der Waals surface area contributed by atoms with Crippen LogP contribution in [-0.2, 0) is 0 Å². The fraction of sp³-hybridized carbons (Fsp3) is 0.500. The standard InChI is InChI=1S/C12H18N2O2/c1-8-6-10(13-7-9(8)2)14(11(15)16)12(3,4)5/h6-7H,1-5H3,(H,15,16). The molecule has 0 spiro atoms. The Labute approximate surface area is 95.9 Å². The van der Waals surface area contributed by atoms with Crippen LogP contribution in [0.3, 0.4) is 0 Å². The lowest BCUT2D eigenvalue weighted by Crippen LogP contribution is -2.45. The molecule has 4 heteroatoms. The number of nitrogens with zero attached hydrogens (tertiary/aromatic N) is 2. The van der Waals surface area contributed by atoms with E-state index in [1.807, 2.05) is 34.6 Å². The quantitative estimate of drug-likeness (QED) is 0.794. The van der Waals surface area contributed by atoms with Crippen molar-refractivity contribution in [2.45, 2.75) is 40.2 Å². The van der Waals surface area contributed by atoms with Crippen molar-refractivity contribution in [2.24, 2.45) is 0 Å². The first kappa shape index (κ1) is 12.5. The highest BCUT2D eigenvalue weighted by atomic mass is 16.4. The molecule has 0 aromatic carbocycles. The Hall–Kier alpha value is -1.58. The minimum Gasteiger partial charge on any atom is -0.465 e. The van der Waals surface area contributed by atoms with Gasteiger partial charge in [-0.25, -0.2) is 9.78 Å². The first-order valence-electron chi connectivity index (χ1n) is 5.20. The molecule has 0 unspecified atom stereocenters. The largest absolute Gasteiger partial charge is 0.465 e. The Bertz CT molecular complexity index is 408. The third kappa shape index (κ3) is 2.51. The van der Waals surface area contributed by atoms with Crippen LogP contribution in [0.2, 0.25) is 0 Å². The van der Waals surface area contributed by atoms with Gasteiger partial charge in [0.05, 0.1) is 0 Å². The van der Waals surface area contributed by atoms with E-state index in [4.69, 9.17) is 0 Å². The van der Waals surface area contributed by atoms with Crippen molar-refractivity contribution in [3.63, 3.8) is 0 Å². The van der Waals surface area contributed by atoms with Gasteiger partial charge in [-0.15, -0.1) is 0 Å². The summed E-state index contributed by atoms with van der Waals surface area (Å²) in [6.45, 7) is 9.44. The molecular formula is C12H18N2O2. The summed E-state index contributed by atoms with van der Waals surface area (Å²) >= 11 is 0. The number of hydrogen-bond donors (Lipinski definition) is 1. The molecule has 88 valence electrons. The van der Waals surface area contributed by atoms with E-state index >= 15 is 0 Å². The zero-order valence-corrected chi connectivity index (χ0v) is 10.4. The highest BCUT2D eigenvalue weighted by Gasteiger charge is 2.28. The molecule has 0 bridgehead atoms. The molecule has 16 heavy (non-hydrogen) atoms.